The second kappa shape index (κ2) is 9.87. The Morgan fingerprint density at radius 2 is 1.74 bits per heavy atom. The van der Waals surface area contributed by atoms with Crippen molar-refractivity contribution < 1.29 is 5.11 Å². The van der Waals surface area contributed by atoms with Crippen molar-refractivity contribution in [2.24, 2.45) is 46.3 Å². The van der Waals surface area contributed by atoms with Gasteiger partial charge in [-0.15, -0.1) is 0 Å². The van der Waals surface area contributed by atoms with Crippen LogP contribution in [0.2, 0.25) is 0 Å². The molecule has 0 aromatic heterocycles. The van der Waals surface area contributed by atoms with E-state index in [1.54, 1.807) is 5.57 Å². The topological polar surface area (TPSA) is 78.9 Å². The second-order valence-corrected chi connectivity index (χ2v) is 12.3. The highest BCUT2D eigenvalue weighted by Gasteiger charge is 2.59. The van der Waals surface area contributed by atoms with Crippen molar-refractivity contribution in [3.05, 3.63) is 27.6 Å². The minimum atomic E-state index is -0.0766. The molecular weight excluding hydrogens is 382 g/mol. The lowest BCUT2D eigenvalue weighted by Crippen LogP contribution is -2.50. The summed E-state index contributed by atoms with van der Waals surface area (Å²) in [6, 6.07) is 0. The number of hydrogen-bond acceptors (Lipinski definition) is 1. The fraction of sp³-hybridized carbons (Fsp3) is 0.926. The van der Waals surface area contributed by atoms with Gasteiger partial charge in [0.1, 0.15) is 0 Å². The molecule has 4 heteroatoms. The summed E-state index contributed by atoms with van der Waals surface area (Å²) in [6.07, 6.45) is 17.2. The summed E-state index contributed by atoms with van der Waals surface area (Å²) in [4.78, 5) is 1.50. The molecule has 0 bridgehead atoms. The zero-order chi connectivity index (χ0) is 22.8. The molecule has 4 nitrogen and oxygen atoms in total. The highest BCUT2D eigenvalue weighted by atomic mass is 16.3. The van der Waals surface area contributed by atoms with Crippen molar-refractivity contribution >= 4 is 0 Å². The van der Waals surface area contributed by atoms with Crippen molar-refractivity contribution in [2.45, 2.75) is 111 Å². The second-order valence-electron chi connectivity index (χ2n) is 12.3. The predicted molar refractivity (Wildman–Crippen MR) is 129 cm³/mol. The molecule has 4 aliphatic carbocycles. The van der Waals surface area contributed by atoms with Crippen molar-refractivity contribution in [1.29, 1.82) is 0 Å². The van der Waals surface area contributed by atoms with E-state index in [-0.39, 0.29) is 6.10 Å². The Hall–Kier alpha value is -0.990. The zero-order valence-electron chi connectivity index (χ0n) is 20.7. The summed E-state index contributed by atoms with van der Waals surface area (Å²) in [5, 5.41) is 10.2. The first-order valence-corrected chi connectivity index (χ1v) is 13.0. The number of hydrogen-bond donors (Lipinski definition) is 1. The average Bonchev–Trinajstić information content (AvgIpc) is 3.06. The fourth-order valence-electron chi connectivity index (χ4n) is 8.67. The number of aliphatic hydroxyl groups excluding tert-OH is 1. The van der Waals surface area contributed by atoms with Gasteiger partial charge >= 0.3 is 0 Å². The van der Waals surface area contributed by atoms with Gasteiger partial charge in [-0.2, -0.15) is 0 Å². The van der Waals surface area contributed by atoms with Crippen LogP contribution in [0.25, 0.3) is 16.0 Å². The predicted octanol–water partition coefficient (Wildman–Crippen LogP) is 8.25. The first-order valence-electron chi connectivity index (χ1n) is 13.0. The Morgan fingerprint density at radius 1 is 1.03 bits per heavy atom. The van der Waals surface area contributed by atoms with Crippen molar-refractivity contribution in [1.82, 2.24) is 0 Å². The number of rotatable bonds is 5. The highest BCUT2D eigenvalue weighted by Crippen LogP contribution is 2.67. The van der Waals surface area contributed by atoms with Crippen molar-refractivity contribution in [2.75, 3.05) is 0 Å². The standard InChI is InChI=1S/C27H46O.N3/c1-18(2)7-6-8-19(3)23-11-12-24-22-10-9-20-17-21(28)13-15-26(20,4)25(22)14-16-27(23,24)5;1-3-2/h9,18-19,21-25,28H,6-8,10-17H2,1-5H3;/q;-1/t19-,21+,22+,23-,24+,25+,26+,27-;/m1./s1. The van der Waals surface area contributed by atoms with Gasteiger partial charge in [0.2, 0.25) is 0 Å². The van der Waals surface area contributed by atoms with Gasteiger partial charge in [0.05, 0.1) is 6.10 Å². The van der Waals surface area contributed by atoms with Crippen LogP contribution >= 0.6 is 0 Å². The summed E-state index contributed by atoms with van der Waals surface area (Å²) in [7, 11) is 0. The molecule has 1 N–H and O–H groups in total. The van der Waals surface area contributed by atoms with Gasteiger partial charge in [-0.05, 0) is 97.7 Å². The van der Waals surface area contributed by atoms with Gasteiger partial charge in [-0.1, -0.05) is 65.5 Å². The third-order valence-electron chi connectivity index (χ3n) is 10.3. The Labute approximate surface area is 190 Å². The summed E-state index contributed by atoms with van der Waals surface area (Å²) < 4.78 is 0. The molecule has 0 radical (unpaired) electrons. The summed E-state index contributed by atoms with van der Waals surface area (Å²) in [6.45, 7) is 12.6. The van der Waals surface area contributed by atoms with Crippen LogP contribution in [-0.2, 0) is 0 Å². The first-order chi connectivity index (χ1) is 14.7. The molecule has 4 rings (SSSR count). The molecule has 176 valence electrons. The van der Waals surface area contributed by atoms with Gasteiger partial charge in [-0.25, -0.2) is 0 Å². The van der Waals surface area contributed by atoms with E-state index < -0.39 is 0 Å². The largest absolute Gasteiger partial charge is 0.393 e. The normalized spacial score (nSPS) is 42.3. The Kier molecular flexibility index (Phi) is 7.85. The third kappa shape index (κ3) is 4.71. The minimum absolute atomic E-state index is 0.0766. The smallest absolute Gasteiger partial charge is 0.0577 e. The third-order valence-corrected chi connectivity index (χ3v) is 10.3. The van der Waals surface area contributed by atoms with E-state index in [1.807, 2.05) is 0 Å². The molecule has 8 atom stereocenters. The SMILES string of the molecule is CC(C)CCC[C@@H](C)[C@H]1CC[C@H]2[C@@H]3CC=C4C[C@@H](O)CC[C@]4(C)[C@H]3CC[C@]12C.[N-]=[N+]=[N-]. The van der Waals surface area contributed by atoms with E-state index >= 15 is 0 Å². The van der Waals surface area contributed by atoms with E-state index in [9.17, 15) is 5.11 Å². The lowest BCUT2D eigenvalue weighted by molar-refractivity contribution is -0.0573. The van der Waals surface area contributed by atoms with Gasteiger partial charge in [0.15, 0.2) is 0 Å². The molecule has 3 saturated carbocycles. The Balaban J connectivity index is 0.000000858. The lowest BCUT2D eigenvalue weighted by Gasteiger charge is -2.58. The summed E-state index contributed by atoms with van der Waals surface area (Å²) in [5.74, 6) is 5.46. The van der Waals surface area contributed by atoms with E-state index in [0.717, 1.165) is 48.3 Å². The lowest BCUT2D eigenvalue weighted by atomic mass is 9.47. The average molecular weight is 429 g/mol. The summed E-state index contributed by atoms with van der Waals surface area (Å²) in [5.41, 5.74) is 16.1. The van der Waals surface area contributed by atoms with E-state index in [2.05, 4.69) is 40.7 Å². The van der Waals surface area contributed by atoms with Crippen LogP contribution in [0.4, 0.5) is 0 Å². The monoisotopic (exact) mass is 428 g/mol. The number of allylic oxidation sites excluding steroid dienone is 1. The maximum atomic E-state index is 10.2. The molecular formula is C27H46N3O-. The van der Waals surface area contributed by atoms with Crippen LogP contribution in [0.1, 0.15) is 105 Å². The van der Waals surface area contributed by atoms with Crippen molar-refractivity contribution in [3.63, 3.8) is 0 Å². The van der Waals surface area contributed by atoms with Crippen LogP contribution in [0.15, 0.2) is 11.6 Å². The quantitative estimate of drug-likeness (QED) is 0.203. The zero-order valence-corrected chi connectivity index (χ0v) is 20.7. The highest BCUT2D eigenvalue weighted by molar-refractivity contribution is 5.25. The Bertz CT molecular complexity index is 682. The Morgan fingerprint density at radius 3 is 2.42 bits per heavy atom. The van der Waals surface area contributed by atoms with Gasteiger partial charge in [-0.3, -0.25) is 4.91 Å². The number of nitrogens with zero attached hydrogens (tertiary/aromatic N) is 3. The van der Waals surface area contributed by atoms with Crippen LogP contribution < -0.4 is 0 Å². The molecule has 0 saturated heterocycles. The first kappa shape index (κ1) is 24.6. The maximum Gasteiger partial charge on any atom is 0.0577 e. The van der Waals surface area contributed by atoms with Gasteiger partial charge < -0.3 is 16.2 Å². The van der Waals surface area contributed by atoms with Crippen LogP contribution in [0.5, 0.6) is 0 Å². The molecule has 4 aliphatic rings. The van der Waals surface area contributed by atoms with Crippen LogP contribution in [-0.4, -0.2) is 11.2 Å². The molecule has 31 heavy (non-hydrogen) atoms. The summed E-state index contributed by atoms with van der Waals surface area (Å²) >= 11 is 0. The molecule has 0 aromatic rings. The van der Waals surface area contributed by atoms with E-state index in [0.29, 0.717) is 10.8 Å². The molecule has 3 fully saturated rings. The fourth-order valence-corrected chi connectivity index (χ4v) is 8.67. The number of fused-ring (bicyclic) bond motifs is 5. The molecule has 0 spiro atoms. The van der Waals surface area contributed by atoms with Crippen molar-refractivity contribution in [3.8, 4) is 0 Å². The minimum Gasteiger partial charge on any atom is -0.393 e. The molecule has 0 aliphatic heterocycles. The van der Waals surface area contributed by atoms with Gasteiger partial charge in [0, 0.05) is 0 Å². The van der Waals surface area contributed by atoms with E-state index in [4.69, 9.17) is 11.1 Å². The number of aliphatic hydroxyl groups is 1. The van der Waals surface area contributed by atoms with Crippen LogP contribution in [0.3, 0.4) is 0 Å². The van der Waals surface area contributed by atoms with E-state index in [1.165, 1.54) is 62.7 Å². The molecule has 0 unspecified atom stereocenters. The maximum absolute atomic E-state index is 10.2. The molecule has 0 amide bonds. The molecule has 0 aromatic carbocycles. The van der Waals surface area contributed by atoms with Gasteiger partial charge in [0.25, 0.3) is 0 Å². The van der Waals surface area contributed by atoms with Crippen LogP contribution in [0, 0.1) is 46.3 Å². The molecule has 0 heterocycles.